The standard InChI is InChI=1S/C18H30N4O/c1-4-15(5-2)13-21-18(19-3)22-14-17(23)20-12-11-16-9-7-6-8-10-16/h6-10,15H,4-5,11-14H2,1-3H3,(H,20,23)(H2,19,21,22). The fraction of sp³-hybridized carbons (Fsp3) is 0.556. The zero-order valence-electron chi connectivity index (χ0n) is 14.6. The van der Waals surface area contributed by atoms with E-state index in [1.165, 1.54) is 5.56 Å². The highest BCUT2D eigenvalue weighted by molar-refractivity contribution is 5.86. The van der Waals surface area contributed by atoms with Crippen LogP contribution in [0.1, 0.15) is 32.3 Å². The van der Waals surface area contributed by atoms with Gasteiger partial charge in [-0.05, 0) is 17.9 Å². The molecule has 23 heavy (non-hydrogen) atoms. The SMILES string of the molecule is CCC(CC)CNC(=NC)NCC(=O)NCCc1ccccc1. The minimum absolute atomic E-state index is 0.0218. The number of hydrogen-bond donors (Lipinski definition) is 3. The second kappa shape index (κ2) is 11.5. The van der Waals surface area contributed by atoms with Crippen LogP contribution in [0, 0.1) is 5.92 Å². The topological polar surface area (TPSA) is 65.5 Å². The summed E-state index contributed by atoms with van der Waals surface area (Å²) in [6.07, 6.45) is 3.12. The van der Waals surface area contributed by atoms with Crippen molar-refractivity contribution in [1.82, 2.24) is 16.0 Å². The summed E-state index contributed by atoms with van der Waals surface area (Å²) in [6, 6.07) is 10.1. The van der Waals surface area contributed by atoms with Gasteiger partial charge in [-0.1, -0.05) is 57.0 Å². The Hall–Kier alpha value is -2.04. The summed E-state index contributed by atoms with van der Waals surface area (Å²) in [4.78, 5) is 16.0. The molecule has 0 saturated heterocycles. The van der Waals surface area contributed by atoms with Gasteiger partial charge in [0.25, 0.3) is 0 Å². The van der Waals surface area contributed by atoms with Crippen LogP contribution in [-0.4, -0.2) is 38.5 Å². The molecule has 0 aliphatic carbocycles. The van der Waals surface area contributed by atoms with E-state index in [0.717, 1.165) is 25.8 Å². The molecule has 3 N–H and O–H groups in total. The van der Waals surface area contributed by atoms with Crippen molar-refractivity contribution in [2.75, 3.05) is 26.7 Å². The van der Waals surface area contributed by atoms with Crippen LogP contribution in [0.15, 0.2) is 35.3 Å². The quantitative estimate of drug-likeness (QED) is 0.482. The molecule has 1 rings (SSSR count). The van der Waals surface area contributed by atoms with E-state index in [0.29, 0.717) is 18.4 Å². The average Bonchev–Trinajstić information content (AvgIpc) is 2.59. The molecule has 0 saturated carbocycles. The Balaban J connectivity index is 2.20. The molecule has 128 valence electrons. The Bertz CT molecular complexity index is 469. The molecule has 0 atom stereocenters. The lowest BCUT2D eigenvalue weighted by atomic mass is 10.0. The van der Waals surface area contributed by atoms with Crippen LogP contribution in [0.2, 0.25) is 0 Å². The third-order valence-electron chi connectivity index (χ3n) is 3.93. The fourth-order valence-corrected chi connectivity index (χ4v) is 2.26. The summed E-state index contributed by atoms with van der Waals surface area (Å²) in [7, 11) is 1.72. The number of guanidine groups is 1. The fourth-order valence-electron chi connectivity index (χ4n) is 2.26. The first kappa shape index (κ1) is 19.0. The Morgan fingerprint density at radius 3 is 2.39 bits per heavy atom. The van der Waals surface area contributed by atoms with Crippen LogP contribution < -0.4 is 16.0 Å². The number of carbonyl (C=O) groups excluding carboxylic acids is 1. The molecular weight excluding hydrogens is 288 g/mol. The zero-order valence-corrected chi connectivity index (χ0v) is 14.6. The molecule has 0 aromatic heterocycles. The molecule has 0 aliphatic rings. The van der Waals surface area contributed by atoms with Crippen molar-refractivity contribution >= 4 is 11.9 Å². The van der Waals surface area contributed by atoms with Gasteiger partial charge in [0.2, 0.25) is 5.91 Å². The monoisotopic (exact) mass is 318 g/mol. The van der Waals surface area contributed by atoms with Gasteiger partial charge < -0.3 is 16.0 Å². The van der Waals surface area contributed by atoms with Crippen molar-refractivity contribution in [3.8, 4) is 0 Å². The Morgan fingerprint density at radius 1 is 1.09 bits per heavy atom. The smallest absolute Gasteiger partial charge is 0.239 e. The van der Waals surface area contributed by atoms with E-state index >= 15 is 0 Å². The summed E-state index contributed by atoms with van der Waals surface area (Å²) in [5.74, 6) is 1.29. The lowest BCUT2D eigenvalue weighted by Crippen LogP contribution is -2.44. The molecule has 5 heteroatoms. The Morgan fingerprint density at radius 2 is 1.78 bits per heavy atom. The van der Waals surface area contributed by atoms with E-state index in [9.17, 15) is 4.79 Å². The van der Waals surface area contributed by atoms with E-state index in [1.807, 2.05) is 18.2 Å². The van der Waals surface area contributed by atoms with E-state index in [-0.39, 0.29) is 12.5 Å². The molecular formula is C18H30N4O. The van der Waals surface area contributed by atoms with Crippen molar-refractivity contribution in [1.29, 1.82) is 0 Å². The number of nitrogens with one attached hydrogen (secondary N) is 3. The minimum atomic E-state index is -0.0218. The Kier molecular flexibility index (Phi) is 9.52. The maximum absolute atomic E-state index is 11.8. The number of carbonyl (C=O) groups is 1. The van der Waals surface area contributed by atoms with Gasteiger partial charge in [-0.25, -0.2) is 0 Å². The van der Waals surface area contributed by atoms with E-state index in [2.05, 4.69) is 46.9 Å². The average molecular weight is 318 g/mol. The van der Waals surface area contributed by atoms with Crippen molar-refractivity contribution < 1.29 is 4.79 Å². The largest absolute Gasteiger partial charge is 0.356 e. The molecule has 1 aromatic carbocycles. The highest BCUT2D eigenvalue weighted by Gasteiger charge is 2.06. The number of amides is 1. The summed E-state index contributed by atoms with van der Waals surface area (Å²) in [5.41, 5.74) is 1.23. The molecule has 0 heterocycles. The van der Waals surface area contributed by atoms with Crippen molar-refractivity contribution in [3.05, 3.63) is 35.9 Å². The van der Waals surface area contributed by atoms with Crippen LogP contribution in [0.4, 0.5) is 0 Å². The predicted octanol–water partition coefficient (Wildman–Crippen LogP) is 1.95. The highest BCUT2D eigenvalue weighted by atomic mass is 16.1. The third kappa shape index (κ3) is 8.24. The Labute approximate surface area is 140 Å². The molecule has 0 spiro atoms. The molecule has 1 amide bonds. The number of benzene rings is 1. The molecule has 0 aliphatic heterocycles. The zero-order chi connectivity index (χ0) is 16.9. The molecule has 1 aromatic rings. The van der Waals surface area contributed by atoms with E-state index < -0.39 is 0 Å². The summed E-state index contributed by atoms with van der Waals surface area (Å²) < 4.78 is 0. The maximum atomic E-state index is 11.8. The van der Waals surface area contributed by atoms with E-state index in [4.69, 9.17) is 0 Å². The van der Waals surface area contributed by atoms with Crippen molar-refractivity contribution in [2.45, 2.75) is 33.1 Å². The van der Waals surface area contributed by atoms with Crippen LogP contribution in [-0.2, 0) is 11.2 Å². The van der Waals surface area contributed by atoms with Gasteiger partial charge in [0, 0.05) is 20.1 Å². The lowest BCUT2D eigenvalue weighted by Gasteiger charge is -2.16. The lowest BCUT2D eigenvalue weighted by molar-refractivity contribution is -0.119. The molecule has 0 fully saturated rings. The predicted molar refractivity (Wildman–Crippen MR) is 96.6 cm³/mol. The van der Waals surface area contributed by atoms with Crippen LogP contribution in [0.25, 0.3) is 0 Å². The molecule has 0 bridgehead atoms. The first-order valence-electron chi connectivity index (χ1n) is 8.44. The number of nitrogens with zero attached hydrogens (tertiary/aromatic N) is 1. The summed E-state index contributed by atoms with van der Waals surface area (Å²) in [5, 5.41) is 9.23. The number of hydrogen-bond acceptors (Lipinski definition) is 2. The maximum Gasteiger partial charge on any atom is 0.239 e. The van der Waals surface area contributed by atoms with Gasteiger partial charge in [-0.15, -0.1) is 0 Å². The second-order valence-electron chi connectivity index (χ2n) is 5.57. The number of rotatable bonds is 9. The first-order valence-corrected chi connectivity index (χ1v) is 8.44. The minimum Gasteiger partial charge on any atom is -0.356 e. The van der Waals surface area contributed by atoms with Gasteiger partial charge in [0.1, 0.15) is 0 Å². The van der Waals surface area contributed by atoms with Crippen LogP contribution >= 0.6 is 0 Å². The second-order valence-corrected chi connectivity index (χ2v) is 5.57. The molecule has 5 nitrogen and oxygen atoms in total. The molecule has 0 unspecified atom stereocenters. The highest BCUT2D eigenvalue weighted by Crippen LogP contribution is 2.04. The van der Waals surface area contributed by atoms with Crippen molar-refractivity contribution in [2.24, 2.45) is 10.9 Å². The van der Waals surface area contributed by atoms with Gasteiger partial charge in [0.15, 0.2) is 5.96 Å². The van der Waals surface area contributed by atoms with E-state index in [1.54, 1.807) is 7.05 Å². The van der Waals surface area contributed by atoms with Gasteiger partial charge >= 0.3 is 0 Å². The number of aliphatic imine (C=N–C) groups is 1. The first-order chi connectivity index (χ1) is 11.2. The van der Waals surface area contributed by atoms with Gasteiger partial charge in [0.05, 0.1) is 6.54 Å². The van der Waals surface area contributed by atoms with Crippen LogP contribution in [0.5, 0.6) is 0 Å². The summed E-state index contributed by atoms with van der Waals surface area (Å²) in [6.45, 7) is 6.13. The molecule has 0 radical (unpaired) electrons. The summed E-state index contributed by atoms with van der Waals surface area (Å²) >= 11 is 0. The van der Waals surface area contributed by atoms with Crippen LogP contribution in [0.3, 0.4) is 0 Å². The van der Waals surface area contributed by atoms with Gasteiger partial charge in [-0.3, -0.25) is 9.79 Å². The third-order valence-corrected chi connectivity index (χ3v) is 3.93. The normalized spacial score (nSPS) is 11.4. The van der Waals surface area contributed by atoms with Crippen molar-refractivity contribution in [3.63, 3.8) is 0 Å². The van der Waals surface area contributed by atoms with Gasteiger partial charge in [-0.2, -0.15) is 0 Å².